The summed E-state index contributed by atoms with van der Waals surface area (Å²) in [5, 5.41) is 13.1. The van der Waals surface area contributed by atoms with Crippen molar-refractivity contribution in [3.63, 3.8) is 0 Å². The first-order valence-electron chi connectivity index (χ1n) is 12.3. The van der Waals surface area contributed by atoms with Crippen molar-refractivity contribution in [3.05, 3.63) is 73.3 Å². The lowest BCUT2D eigenvalue weighted by Gasteiger charge is -2.44. The fourth-order valence-electron chi connectivity index (χ4n) is 5.55. The number of ketones is 1. The van der Waals surface area contributed by atoms with Crippen LogP contribution < -0.4 is 10.6 Å². The van der Waals surface area contributed by atoms with E-state index in [0.29, 0.717) is 34.8 Å². The number of carbonyl (C=O) groups excluding carboxylic acids is 1. The zero-order valence-electron chi connectivity index (χ0n) is 20.9. The van der Waals surface area contributed by atoms with Crippen molar-refractivity contribution < 1.29 is 9.53 Å². The van der Waals surface area contributed by atoms with Crippen LogP contribution in [-0.4, -0.2) is 37.0 Å². The van der Waals surface area contributed by atoms with Crippen LogP contribution in [0.4, 0.5) is 5.69 Å². The molecule has 36 heavy (non-hydrogen) atoms. The predicted octanol–water partition coefficient (Wildman–Crippen LogP) is 5.48. The number of halogens is 1. The van der Waals surface area contributed by atoms with Gasteiger partial charge >= 0.3 is 0 Å². The molecule has 188 valence electrons. The van der Waals surface area contributed by atoms with Crippen molar-refractivity contribution in [1.82, 2.24) is 4.90 Å². The maximum Gasteiger partial charge on any atom is 0.162 e. The molecule has 5 rings (SSSR count). The monoisotopic (exact) mass is 522 g/mol. The maximum absolute atomic E-state index is 13.7. The lowest BCUT2D eigenvalue weighted by atomic mass is 9.69. The number of benzene rings is 1. The molecule has 8 heteroatoms. The fourth-order valence-corrected chi connectivity index (χ4v) is 6.74. The van der Waals surface area contributed by atoms with E-state index in [2.05, 4.69) is 36.3 Å². The lowest BCUT2D eigenvalue weighted by molar-refractivity contribution is -0.118. The Hall–Kier alpha value is -2.63. The number of hydrogen-bond acceptors (Lipinski definition) is 7. The SMILES string of the molecule is Cc1c(Cl)cccc1N1C(N)=C(C#N)[C@@H](c2cc(CN3CCOCC3)cs2)C2=C1CC(C)(C)CC2=O. The molecule has 0 radical (unpaired) electrons. The Morgan fingerprint density at radius 2 is 2.03 bits per heavy atom. The van der Waals surface area contributed by atoms with Gasteiger partial charge in [0.05, 0.1) is 36.5 Å². The Kier molecular flexibility index (Phi) is 6.73. The summed E-state index contributed by atoms with van der Waals surface area (Å²) >= 11 is 8.08. The van der Waals surface area contributed by atoms with Gasteiger partial charge in [0.15, 0.2) is 5.78 Å². The Morgan fingerprint density at radius 3 is 2.75 bits per heavy atom. The molecule has 3 aliphatic rings. The van der Waals surface area contributed by atoms with Crippen molar-refractivity contribution in [2.75, 3.05) is 31.2 Å². The first kappa shape index (κ1) is 25.0. The zero-order valence-corrected chi connectivity index (χ0v) is 22.5. The fraction of sp³-hybridized carbons (Fsp3) is 0.429. The number of rotatable bonds is 4. The van der Waals surface area contributed by atoms with Crippen LogP contribution in [0.1, 0.15) is 48.6 Å². The first-order valence-corrected chi connectivity index (χ1v) is 13.5. The van der Waals surface area contributed by atoms with Crippen molar-refractivity contribution in [1.29, 1.82) is 5.26 Å². The minimum Gasteiger partial charge on any atom is -0.384 e. The average molecular weight is 523 g/mol. The van der Waals surface area contributed by atoms with Crippen molar-refractivity contribution in [3.8, 4) is 6.07 Å². The summed E-state index contributed by atoms with van der Waals surface area (Å²) < 4.78 is 5.48. The molecule has 1 saturated heterocycles. The van der Waals surface area contributed by atoms with E-state index in [0.717, 1.165) is 54.7 Å². The summed E-state index contributed by atoms with van der Waals surface area (Å²) in [7, 11) is 0. The largest absolute Gasteiger partial charge is 0.384 e. The zero-order chi connectivity index (χ0) is 25.6. The lowest BCUT2D eigenvalue weighted by Crippen LogP contribution is -2.42. The Labute approximate surface area is 221 Å². The Bertz CT molecular complexity index is 1310. The van der Waals surface area contributed by atoms with Crippen molar-refractivity contribution in [2.24, 2.45) is 11.1 Å². The van der Waals surface area contributed by atoms with E-state index in [1.807, 2.05) is 30.0 Å². The van der Waals surface area contributed by atoms with Crippen LogP contribution in [-0.2, 0) is 16.1 Å². The van der Waals surface area contributed by atoms with Crippen molar-refractivity contribution >= 4 is 34.4 Å². The Morgan fingerprint density at radius 1 is 1.28 bits per heavy atom. The molecule has 1 fully saturated rings. The molecule has 1 atom stereocenters. The van der Waals surface area contributed by atoms with Gasteiger partial charge in [-0.25, -0.2) is 0 Å². The normalized spacial score (nSPS) is 22.6. The van der Waals surface area contributed by atoms with E-state index in [4.69, 9.17) is 22.1 Å². The van der Waals surface area contributed by atoms with Crippen LogP contribution in [0.2, 0.25) is 5.02 Å². The molecule has 2 aliphatic heterocycles. The molecule has 0 saturated carbocycles. The van der Waals surface area contributed by atoms with Gasteiger partial charge in [0.1, 0.15) is 5.82 Å². The highest BCUT2D eigenvalue weighted by Gasteiger charge is 2.45. The Balaban J connectivity index is 1.63. The van der Waals surface area contributed by atoms with Crippen LogP contribution in [0.25, 0.3) is 0 Å². The van der Waals surface area contributed by atoms with Gasteiger partial charge in [0, 0.05) is 47.2 Å². The highest BCUT2D eigenvalue weighted by Crippen LogP contribution is 2.51. The molecule has 2 aromatic rings. The molecule has 1 aromatic carbocycles. The molecule has 0 bridgehead atoms. The number of nitrogens with zero attached hydrogens (tertiary/aromatic N) is 3. The standard InChI is InChI=1S/C28H31ClN4O2S/c1-17-20(29)5-4-6-21(17)33-22-12-28(2,3)13-23(34)26(22)25(19(14-30)27(33)31)24-11-18(16-36-24)15-32-7-9-35-10-8-32/h4-6,11,16,25H,7-10,12-13,15,31H2,1-3H3/t25-/m0/s1. The van der Waals surface area contributed by atoms with Crippen LogP contribution >= 0.6 is 22.9 Å². The average Bonchev–Trinajstić information content (AvgIpc) is 3.28. The van der Waals surface area contributed by atoms with Gasteiger partial charge in [-0.05, 0) is 53.5 Å². The topological polar surface area (TPSA) is 82.6 Å². The molecule has 1 aromatic heterocycles. The number of nitrogens with two attached hydrogens (primary N) is 1. The van der Waals surface area contributed by atoms with Crippen LogP contribution in [0, 0.1) is 23.7 Å². The van der Waals surface area contributed by atoms with Crippen LogP contribution in [0.3, 0.4) is 0 Å². The van der Waals surface area contributed by atoms with Gasteiger partial charge in [0.25, 0.3) is 0 Å². The van der Waals surface area contributed by atoms with Gasteiger partial charge in [-0.1, -0.05) is 31.5 Å². The quantitative estimate of drug-likeness (QED) is 0.572. The number of anilines is 1. The highest BCUT2D eigenvalue weighted by atomic mass is 35.5. The number of ether oxygens (including phenoxy) is 1. The number of thiophene rings is 1. The summed E-state index contributed by atoms with van der Waals surface area (Å²) in [5.41, 5.74) is 11.4. The first-order chi connectivity index (χ1) is 17.2. The number of Topliss-reactive ketones (excluding diaryl/α,β-unsaturated/α-hetero) is 1. The molecular weight excluding hydrogens is 492 g/mol. The van der Waals surface area contributed by atoms with Gasteiger partial charge in [-0.15, -0.1) is 11.3 Å². The second-order valence-electron chi connectivity index (χ2n) is 10.6. The predicted molar refractivity (Wildman–Crippen MR) is 144 cm³/mol. The van der Waals surface area contributed by atoms with E-state index in [-0.39, 0.29) is 11.2 Å². The second-order valence-corrected chi connectivity index (χ2v) is 12.0. The molecule has 2 N–H and O–H groups in total. The highest BCUT2D eigenvalue weighted by molar-refractivity contribution is 7.10. The van der Waals surface area contributed by atoms with Gasteiger partial charge < -0.3 is 10.5 Å². The third-order valence-electron chi connectivity index (χ3n) is 7.33. The number of nitriles is 1. The molecule has 3 heterocycles. The molecule has 0 amide bonds. The number of hydrogen-bond donors (Lipinski definition) is 1. The minimum atomic E-state index is -0.451. The van der Waals surface area contributed by atoms with Crippen LogP contribution in [0.15, 0.2) is 52.3 Å². The van der Waals surface area contributed by atoms with E-state index < -0.39 is 5.92 Å². The third kappa shape index (κ3) is 4.48. The molecule has 6 nitrogen and oxygen atoms in total. The van der Waals surface area contributed by atoms with E-state index in [1.54, 1.807) is 11.3 Å². The summed E-state index contributed by atoms with van der Waals surface area (Å²) in [5.74, 6) is 0.00679. The van der Waals surface area contributed by atoms with E-state index >= 15 is 0 Å². The minimum absolute atomic E-state index is 0.0827. The summed E-state index contributed by atoms with van der Waals surface area (Å²) in [6.07, 6.45) is 1.12. The smallest absolute Gasteiger partial charge is 0.162 e. The third-order valence-corrected chi connectivity index (χ3v) is 8.79. The van der Waals surface area contributed by atoms with Crippen molar-refractivity contribution in [2.45, 2.75) is 46.1 Å². The summed E-state index contributed by atoms with van der Waals surface area (Å²) in [6, 6.07) is 10.2. The maximum atomic E-state index is 13.7. The molecule has 1 aliphatic carbocycles. The van der Waals surface area contributed by atoms with Gasteiger partial charge in [-0.2, -0.15) is 5.26 Å². The van der Waals surface area contributed by atoms with Crippen LogP contribution in [0.5, 0.6) is 0 Å². The van der Waals surface area contributed by atoms with Gasteiger partial charge in [0.2, 0.25) is 0 Å². The number of allylic oxidation sites excluding steroid dienone is 3. The van der Waals surface area contributed by atoms with Gasteiger partial charge in [-0.3, -0.25) is 14.6 Å². The molecule has 0 unspecified atom stereocenters. The summed E-state index contributed by atoms with van der Waals surface area (Å²) in [6.45, 7) is 10.3. The van der Waals surface area contributed by atoms with E-state index in [9.17, 15) is 10.1 Å². The summed E-state index contributed by atoms with van der Waals surface area (Å²) in [4.78, 5) is 19.0. The number of carbonyl (C=O) groups is 1. The number of morpholine rings is 1. The second kappa shape index (κ2) is 9.68. The molecular formula is C28H31ClN4O2S. The molecule has 0 spiro atoms. The van der Waals surface area contributed by atoms with E-state index in [1.165, 1.54) is 5.56 Å².